The number of rotatable bonds is 5. The normalized spacial score (nSPS) is 15.3. The number of carbonyl (C=O) groups is 1. The van der Waals surface area contributed by atoms with Gasteiger partial charge in [-0.15, -0.1) is 0 Å². The Kier molecular flexibility index (Phi) is 6.38. The molecule has 0 fully saturated rings. The molecule has 0 aliphatic carbocycles. The number of anilines is 1. The van der Waals surface area contributed by atoms with Gasteiger partial charge in [0.2, 0.25) is 0 Å². The van der Waals surface area contributed by atoms with E-state index in [1.165, 1.54) is 30.5 Å². The molecular weight excluding hydrogens is 495 g/mol. The summed E-state index contributed by atoms with van der Waals surface area (Å²) in [6.45, 7) is 0. The number of carbonyl (C=O) groups excluding carboxylic acids is 1. The number of amides is 1. The summed E-state index contributed by atoms with van der Waals surface area (Å²) >= 11 is 0. The van der Waals surface area contributed by atoms with Crippen LogP contribution in [0.15, 0.2) is 94.2 Å². The molecule has 0 saturated heterocycles. The summed E-state index contributed by atoms with van der Waals surface area (Å²) in [5.74, 6) is -2.09. The van der Waals surface area contributed by atoms with Gasteiger partial charge in [0.05, 0.1) is 46.0 Å². The van der Waals surface area contributed by atoms with Crippen LogP contribution in [0.25, 0.3) is 16.7 Å². The van der Waals surface area contributed by atoms with Gasteiger partial charge in [-0.2, -0.15) is 10.5 Å². The summed E-state index contributed by atoms with van der Waals surface area (Å²) in [6.07, 6.45) is -1.68. The van der Waals surface area contributed by atoms with Gasteiger partial charge in [-0.25, -0.2) is 18.2 Å². The van der Waals surface area contributed by atoms with Crippen LogP contribution in [0.5, 0.6) is 0 Å². The highest BCUT2D eigenvalue weighted by Gasteiger charge is 2.37. The summed E-state index contributed by atoms with van der Waals surface area (Å²) in [5, 5.41) is 25.5. The van der Waals surface area contributed by atoms with Crippen LogP contribution in [0.1, 0.15) is 27.6 Å². The first-order valence-corrected chi connectivity index (χ1v) is 11.3. The number of nitriles is 2. The summed E-state index contributed by atoms with van der Waals surface area (Å²) in [5.41, 5.74) is -0.230. The quantitative estimate of drug-likeness (QED) is 0.346. The topological polar surface area (TPSA) is 115 Å². The molecule has 0 spiro atoms. The third kappa shape index (κ3) is 4.36. The fraction of sp³-hybridized carbons (Fsp3) is 0.0714. The second-order valence-corrected chi connectivity index (χ2v) is 8.25. The van der Waals surface area contributed by atoms with Gasteiger partial charge >= 0.3 is 0 Å². The minimum absolute atomic E-state index is 0.00276. The summed E-state index contributed by atoms with van der Waals surface area (Å²) in [7, 11) is 0. The lowest BCUT2D eigenvalue weighted by molar-refractivity contribution is 0.102. The van der Waals surface area contributed by atoms with Gasteiger partial charge in [0, 0.05) is 11.8 Å². The standard InChI is InChI=1S/C28H16F3N5O2/c29-17-8-6-15(7-9-17)24-19(13-32)23(20(14-33)25(35-24)26(30)31)22-12-18-21(38-22)10-11-34-27(18)36-28(37)16-4-2-1-3-5-16/h1-12,23,26,35H,(H,34,36,37). The average Bonchev–Trinajstić information content (AvgIpc) is 3.37. The number of alkyl halides is 2. The van der Waals surface area contributed by atoms with E-state index in [9.17, 15) is 28.5 Å². The molecule has 2 aromatic heterocycles. The van der Waals surface area contributed by atoms with Crippen LogP contribution in [0, 0.1) is 28.5 Å². The number of nitrogens with one attached hydrogen (secondary N) is 2. The molecule has 5 rings (SSSR count). The number of benzene rings is 2. The van der Waals surface area contributed by atoms with Crippen molar-refractivity contribution in [3.8, 4) is 12.1 Å². The van der Waals surface area contributed by atoms with Crippen molar-refractivity contribution in [3.63, 3.8) is 0 Å². The average molecular weight is 511 g/mol. The Morgan fingerprint density at radius 2 is 1.74 bits per heavy atom. The molecule has 0 radical (unpaired) electrons. The molecule has 1 aliphatic heterocycles. The Morgan fingerprint density at radius 3 is 2.39 bits per heavy atom. The van der Waals surface area contributed by atoms with Crippen molar-refractivity contribution in [1.29, 1.82) is 10.5 Å². The van der Waals surface area contributed by atoms with Gasteiger partial charge in [-0.1, -0.05) is 18.2 Å². The van der Waals surface area contributed by atoms with Crippen molar-refractivity contribution in [2.45, 2.75) is 12.3 Å². The smallest absolute Gasteiger partial charge is 0.279 e. The molecule has 1 unspecified atom stereocenters. The van der Waals surface area contributed by atoms with E-state index in [4.69, 9.17) is 4.42 Å². The Labute approximate surface area is 214 Å². The monoisotopic (exact) mass is 511 g/mol. The van der Waals surface area contributed by atoms with Crippen LogP contribution in [-0.4, -0.2) is 17.3 Å². The zero-order valence-electron chi connectivity index (χ0n) is 19.4. The van der Waals surface area contributed by atoms with E-state index in [2.05, 4.69) is 15.6 Å². The van der Waals surface area contributed by atoms with Crippen LogP contribution in [0.4, 0.5) is 19.0 Å². The van der Waals surface area contributed by atoms with Crippen molar-refractivity contribution < 1.29 is 22.4 Å². The van der Waals surface area contributed by atoms with Crippen molar-refractivity contribution >= 4 is 28.4 Å². The molecule has 186 valence electrons. The number of nitrogens with zero attached hydrogens (tertiary/aromatic N) is 3. The lowest BCUT2D eigenvalue weighted by Gasteiger charge is -2.27. The Morgan fingerprint density at radius 1 is 1.03 bits per heavy atom. The molecule has 4 aromatic rings. The van der Waals surface area contributed by atoms with Gasteiger partial charge in [0.25, 0.3) is 12.3 Å². The summed E-state index contributed by atoms with van der Waals surface area (Å²) < 4.78 is 47.6. The SMILES string of the molecule is N#CC1=C(c2ccc(F)cc2)NC(C(F)F)=C(C#N)C1c1cc2c(NC(=O)c3ccccc3)nccc2o1. The van der Waals surface area contributed by atoms with E-state index < -0.39 is 35.3 Å². The minimum Gasteiger partial charge on any atom is -0.460 e. The van der Waals surface area contributed by atoms with E-state index in [-0.39, 0.29) is 34.0 Å². The predicted octanol–water partition coefficient (Wildman–Crippen LogP) is 5.88. The number of fused-ring (bicyclic) bond motifs is 1. The second kappa shape index (κ2) is 9.96. The number of allylic oxidation sites excluding steroid dienone is 3. The Hall–Kier alpha value is -5.35. The number of hydrogen-bond donors (Lipinski definition) is 2. The molecule has 1 atom stereocenters. The number of furan rings is 1. The van der Waals surface area contributed by atoms with Crippen molar-refractivity contribution in [2.75, 3.05) is 5.32 Å². The molecule has 7 nitrogen and oxygen atoms in total. The molecule has 0 saturated carbocycles. The first-order chi connectivity index (χ1) is 18.4. The van der Waals surface area contributed by atoms with Crippen LogP contribution < -0.4 is 10.6 Å². The number of hydrogen-bond acceptors (Lipinski definition) is 6. The van der Waals surface area contributed by atoms with Gasteiger partial charge in [0.15, 0.2) is 0 Å². The fourth-order valence-electron chi connectivity index (χ4n) is 4.25. The zero-order valence-corrected chi connectivity index (χ0v) is 19.4. The van der Waals surface area contributed by atoms with Crippen molar-refractivity contribution in [2.24, 2.45) is 0 Å². The first kappa shape index (κ1) is 24.3. The van der Waals surface area contributed by atoms with Gasteiger partial charge in [-0.05, 0) is 54.1 Å². The molecule has 1 amide bonds. The lowest BCUT2D eigenvalue weighted by Crippen LogP contribution is -2.28. The number of aromatic nitrogens is 1. The first-order valence-electron chi connectivity index (χ1n) is 11.3. The summed E-state index contributed by atoms with van der Waals surface area (Å²) in [4.78, 5) is 16.9. The Bertz CT molecular complexity index is 1690. The maximum absolute atomic E-state index is 14.1. The molecule has 2 N–H and O–H groups in total. The predicted molar refractivity (Wildman–Crippen MR) is 132 cm³/mol. The van der Waals surface area contributed by atoms with E-state index in [1.54, 1.807) is 36.4 Å². The van der Waals surface area contributed by atoms with E-state index in [0.717, 1.165) is 12.1 Å². The lowest BCUT2D eigenvalue weighted by atomic mass is 9.83. The highest BCUT2D eigenvalue weighted by atomic mass is 19.3. The molecule has 1 aliphatic rings. The van der Waals surface area contributed by atoms with Crippen LogP contribution in [-0.2, 0) is 0 Å². The number of halogens is 3. The molecular formula is C28H16F3N5O2. The van der Waals surface area contributed by atoms with Gasteiger partial charge in [0.1, 0.15) is 23.0 Å². The van der Waals surface area contributed by atoms with Crippen molar-refractivity contribution in [3.05, 3.63) is 112 Å². The minimum atomic E-state index is -3.07. The van der Waals surface area contributed by atoms with Crippen LogP contribution >= 0.6 is 0 Å². The van der Waals surface area contributed by atoms with E-state index in [0.29, 0.717) is 10.9 Å². The van der Waals surface area contributed by atoms with Gasteiger partial charge in [-0.3, -0.25) is 4.79 Å². The van der Waals surface area contributed by atoms with Gasteiger partial charge < -0.3 is 15.1 Å². The highest BCUT2D eigenvalue weighted by molar-refractivity contribution is 6.07. The maximum Gasteiger partial charge on any atom is 0.279 e. The molecule has 3 heterocycles. The van der Waals surface area contributed by atoms with Crippen LogP contribution in [0.3, 0.4) is 0 Å². The van der Waals surface area contributed by atoms with E-state index in [1.807, 2.05) is 6.07 Å². The van der Waals surface area contributed by atoms with Crippen LogP contribution in [0.2, 0.25) is 0 Å². The van der Waals surface area contributed by atoms with Crippen molar-refractivity contribution in [1.82, 2.24) is 10.3 Å². The maximum atomic E-state index is 14.1. The zero-order chi connectivity index (χ0) is 26.8. The third-order valence-corrected chi connectivity index (χ3v) is 6.01. The fourth-order valence-corrected chi connectivity index (χ4v) is 4.25. The number of dihydropyridines is 1. The highest BCUT2D eigenvalue weighted by Crippen LogP contribution is 2.43. The Balaban J connectivity index is 1.65. The third-order valence-electron chi connectivity index (χ3n) is 6.01. The largest absolute Gasteiger partial charge is 0.460 e. The molecule has 10 heteroatoms. The summed E-state index contributed by atoms with van der Waals surface area (Å²) in [6, 6.07) is 20.1. The van der Waals surface area contributed by atoms with E-state index >= 15 is 0 Å². The number of pyridine rings is 1. The molecule has 2 aromatic carbocycles. The second-order valence-electron chi connectivity index (χ2n) is 8.25. The molecule has 38 heavy (non-hydrogen) atoms. The molecule has 0 bridgehead atoms.